The van der Waals surface area contributed by atoms with E-state index in [9.17, 15) is 8.42 Å². The molecule has 0 aliphatic carbocycles. The Labute approximate surface area is 97.8 Å². The van der Waals surface area contributed by atoms with E-state index in [0.29, 0.717) is 10.0 Å². The second-order valence-electron chi connectivity index (χ2n) is 2.84. The van der Waals surface area contributed by atoms with E-state index < -0.39 is 10.1 Å². The fourth-order valence-electron chi connectivity index (χ4n) is 1.09. The van der Waals surface area contributed by atoms with Crippen LogP contribution < -0.4 is 0 Å². The van der Waals surface area contributed by atoms with Gasteiger partial charge in [-0.1, -0.05) is 22.0 Å². The smallest absolute Gasteiger partial charge is 0.282 e. The summed E-state index contributed by atoms with van der Waals surface area (Å²) in [5, 5.41) is 0. The van der Waals surface area contributed by atoms with Gasteiger partial charge in [-0.05, 0) is 31.0 Å². The highest BCUT2D eigenvalue weighted by atomic mass is 79.9. The first kappa shape index (κ1) is 13.9. The fraction of sp³-hybridized carbons (Fsp3) is 0.250. The van der Waals surface area contributed by atoms with Gasteiger partial charge in [-0.15, -0.1) is 12.4 Å². The van der Waals surface area contributed by atoms with E-state index in [-0.39, 0.29) is 17.3 Å². The Bertz CT molecular complexity index is 442. The molecule has 0 unspecified atom stereocenters. The summed E-state index contributed by atoms with van der Waals surface area (Å²) >= 11 is 3.20. The number of rotatable bonds is 1. The summed E-state index contributed by atoms with van der Waals surface area (Å²) in [6, 6.07) is 3.10. The largest absolute Gasteiger partial charge is 0.294 e. The maximum absolute atomic E-state index is 10.9. The maximum Gasteiger partial charge on any atom is 0.294 e. The quantitative estimate of drug-likeness (QED) is 0.812. The van der Waals surface area contributed by atoms with Crippen LogP contribution in [0.1, 0.15) is 11.1 Å². The first-order chi connectivity index (χ1) is 5.82. The highest BCUT2D eigenvalue weighted by Crippen LogP contribution is 2.23. The van der Waals surface area contributed by atoms with Crippen molar-refractivity contribution in [3.05, 3.63) is 27.7 Å². The highest BCUT2D eigenvalue weighted by Gasteiger charge is 2.14. The molecule has 0 aromatic heterocycles. The molecule has 14 heavy (non-hydrogen) atoms. The van der Waals surface area contributed by atoms with Gasteiger partial charge in [-0.2, -0.15) is 8.42 Å². The number of halogens is 2. The third-order valence-corrected chi connectivity index (χ3v) is 3.58. The third kappa shape index (κ3) is 2.95. The summed E-state index contributed by atoms with van der Waals surface area (Å²) in [6.45, 7) is 3.49. The highest BCUT2D eigenvalue weighted by molar-refractivity contribution is 9.10. The molecule has 0 amide bonds. The van der Waals surface area contributed by atoms with Crippen LogP contribution in [-0.2, 0) is 10.1 Å². The molecule has 1 rings (SSSR count). The van der Waals surface area contributed by atoms with Crippen LogP contribution in [0.2, 0.25) is 0 Å². The van der Waals surface area contributed by atoms with Crippen LogP contribution in [0, 0.1) is 13.8 Å². The molecular weight excluding hydrogens is 292 g/mol. The van der Waals surface area contributed by atoms with Gasteiger partial charge in [0.2, 0.25) is 0 Å². The van der Waals surface area contributed by atoms with Crippen molar-refractivity contribution >= 4 is 38.5 Å². The molecule has 0 fully saturated rings. The van der Waals surface area contributed by atoms with Crippen LogP contribution in [0.5, 0.6) is 0 Å². The zero-order valence-electron chi connectivity index (χ0n) is 7.61. The van der Waals surface area contributed by atoms with Gasteiger partial charge in [0, 0.05) is 4.47 Å². The molecule has 0 heterocycles. The minimum atomic E-state index is -4.10. The number of hydrogen-bond acceptors (Lipinski definition) is 2. The fourth-order valence-corrected chi connectivity index (χ4v) is 2.31. The standard InChI is InChI=1S/C8H9BrO3S.ClH/c1-5-3-6(2)8(4-7(5)9)13(10,11)12;/h3-4H,1-2H3,(H,10,11,12);1H. The molecule has 0 atom stereocenters. The number of aryl methyl sites for hydroxylation is 2. The van der Waals surface area contributed by atoms with Crippen molar-refractivity contribution in [2.24, 2.45) is 0 Å². The van der Waals surface area contributed by atoms with Crippen molar-refractivity contribution in [3.8, 4) is 0 Å². The molecule has 3 nitrogen and oxygen atoms in total. The van der Waals surface area contributed by atoms with E-state index >= 15 is 0 Å². The SMILES string of the molecule is Cc1cc(C)c(S(=O)(=O)O)cc1Br.Cl. The van der Waals surface area contributed by atoms with Gasteiger partial charge in [0.25, 0.3) is 10.1 Å². The summed E-state index contributed by atoms with van der Waals surface area (Å²) in [5.41, 5.74) is 1.48. The molecule has 0 spiro atoms. The summed E-state index contributed by atoms with van der Waals surface area (Å²) in [4.78, 5) is -0.0509. The zero-order chi connectivity index (χ0) is 10.2. The van der Waals surface area contributed by atoms with Crippen LogP contribution in [0.15, 0.2) is 21.5 Å². The van der Waals surface area contributed by atoms with Crippen molar-refractivity contribution in [2.75, 3.05) is 0 Å². The molecule has 0 radical (unpaired) electrons. The zero-order valence-corrected chi connectivity index (χ0v) is 10.8. The molecule has 1 aromatic carbocycles. The lowest BCUT2D eigenvalue weighted by Crippen LogP contribution is -2.01. The molecule has 80 valence electrons. The monoisotopic (exact) mass is 300 g/mol. The Morgan fingerprint density at radius 2 is 1.71 bits per heavy atom. The van der Waals surface area contributed by atoms with E-state index in [1.165, 1.54) is 6.07 Å². The lowest BCUT2D eigenvalue weighted by atomic mass is 10.2. The van der Waals surface area contributed by atoms with Gasteiger partial charge in [0.1, 0.15) is 0 Å². The maximum atomic E-state index is 10.9. The van der Waals surface area contributed by atoms with Crippen LogP contribution in [-0.4, -0.2) is 13.0 Å². The normalized spacial score (nSPS) is 10.9. The molecule has 0 saturated carbocycles. The first-order valence-electron chi connectivity index (χ1n) is 3.56. The topological polar surface area (TPSA) is 54.4 Å². The van der Waals surface area contributed by atoms with Gasteiger partial charge < -0.3 is 0 Å². The summed E-state index contributed by atoms with van der Waals surface area (Å²) in [7, 11) is -4.10. The lowest BCUT2D eigenvalue weighted by Gasteiger charge is -2.05. The van der Waals surface area contributed by atoms with Crippen molar-refractivity contribution in [3.63, 3.8) is 0 Å². The molecule has 6 heteroatoms. The summed E-state index contributed by atoms with van der Waals surface area (Å²) in [5.74, 6) is 0. The van der Waals surface area contributed by atoms with Gasteiger partial charge in [-0.25, -0.2) is 0 Å². The number of hydrogen-bond donors (Lipinski definition) is 1. The van der Waals surface area contributed by atoms with Crippen molar-refractivity contribution in [1.82, 2.24) is 0 Å². The Morgan fingerprint density at radius 3 is 2.14 bits per heavy atom. The predicted molar refractivity (Wildman–Crippen MR) is 60.7 cm³/mol. The van der Waals surface area contributed by atoms with Crippen molar-refractivity contribution in [2.45, 2.75) is 18.7 Å². The second kappa shape index (κ2) is 4.61. The van der Waals surface area contributed by atoms with Crippen LogP contribution in [0.25, 0.3) is 0 Å². The lowest BCUT2D eigenvalue weighted by molar-refractivity contribution is 0.482. The Morgan fingerprint density at radius 1 is 1.21 bits per heavy atom. The van der Waals surface area contributed by atoms with Crippen LogP contribution in [0.3, 0.4) is 0 Å². The third-order valence-electron chi connectivity index (χ3n) is 1.73. The van der Waals surface area contributed by atoms with Gasteiger partial charge in [0.15, 0.2) is 0 Å². The molecule has 0 bridgehead atoms. The van der Waals surface area contributed by atoms with Gasteiger partial charge in [-0.3, -0.25) is 4.55 Å². The average Bonchev–Trinajstić information content (AvgIpc) is 1.94. The van der Waals surface area contributed by atoms with E-state index in [1.54, 1.807) is 13.0 Å². The van der Waals surface area contributed by atoms with E-state index in [0.717, 1.165) is 5.56 Å². The molecule has 0 aliphatic heterocycles. The van der Waals surface area contributed by atoms with Crippen LogP contribution in [0.4, 0.5) is 0 Å². The molecule has 0 aliphatic rings. The van der Waals surface area contributed by atoms with Crippen molar-refractivity contribution in [1.29, 1.82) is 0 Å². The minimum Gasteiger partial charge on any atom is -0.282 e. The minimum absolute atomic E-state index is 0. The molecule has 1 aromatic rings. The molecule has 0 saturated heterocycles. The van der Waals surface area contributed by atoms with Gasteiger partial charge >= 0.3 is 0 Å². The Balaban J connectivity index is 0.00000169. The Kier molecular flexibility index (Phi) is 4.58. The first-order valence-corrected chi connectivity index (χ1v) is 5.80. The second-order valence-corrected chi connectivity index (χ2v) is 5.09. The van der Waals surface area contributed by atoms with E-state index in [2.05, 4.69) is 15.9 Å². The summed E-state index contributed by atoms with van der Waals surface area (Å²) < 4.78 is 31.2. The molecular formula is C8H10BrClO3S. The van der Waals surface area contributed by atoms with Crippen molar-refractivity contribution < 1.29 is 13.0 Å². The number of benzene rings is 1. The van der Waals surface area contributed by atoms with E-state index in [1.807, 2.05) is 6.92 Å². The Hall–Kier alpha value is -0.100. The van der Waals surface area contributed by atoms with Gasteiger partial charge in [0.05, 0.1) is 4.90 Å². The average molecular weight is 302 g/mol. The molecule has 1 N–H and O–H groups in total. The predicted octanol–water partition coefficient (Wildman–Crippen LogP) is 2.73. The van der Waals surface area contributed by atoms with Crippen LogP contribution >= 0.6 is 28.3 Å². The summed E-state index contributed by atoms with van der Waals surface area (Å²) in [6.07, 6.45) is 0. The van der Waals surface area contributed by atoms with E-state index in [4.69, 9.17) is 4.55 Å².